The Morgan fingerprint density at radius 1 is 1.43 bits per heavy atom. The van der Waals surface area contributed by atoms with Crippen molar-refractivity contribution in [3.05, 3.63) is 26.6 Å². The van der Waals surface area contributed by atoms with Gasteiger partial charge in [0.05, 0.1) is 11.1 Å². The summed E-state index contributed by atoms with van der Waals surface area (Å²) in [4.78, 5) is 0. The summed E-state index contributed by atoms with van der Waals surface area (Å²) in [5.41, 5.74) is 1.19. The number of benzene rings is 1. The van der Waals surface area contributed by atoms with Crippen molar-refractivity contribution >= 4 is 31.9 Å². The summed E-state index contributed by atoms with van der Waals surface area (Å²) in [6.45, 7) is 3.50. The van der Waals surface area contributed by atoms with Gasteiger partial charge in [-0.1, -0.05) is 6.07 Å². The topological polar surface area (TPSA) is 21.8 Å². The molecule has 1 unspecified atom stereocenters. The van der Waals surface area contributed by atoms with E-state index >= 15 is 0 Å². The van der Waals surface area contributed by atoms with Gasteiger partial charge in [-0.25, -0.2) is 0 Å². The van der Waals surface area contributed by atoms with Crippen molar-refractivity contribution in [1.29, 1.82) is 0 Å². The molecule has 2 rings (SSSR count). The predicted molar refractivity (Wildman–Crippen MR) is 61.8 cm³/mol. The number of halogens is 2. The zero-order valence-electron chi connectivity index (χ0n) is 7.72. The van der Waals surface area contributed by atoms with E-state index in [0.717, 1.165) is 21.3 Å². The molecular formula is C10H10Br2O2. The molecule has 76 valence electrons. The van der Waals surface area contributed by atoms with Gasteiger partial charge in [0.15, 0.2) is 0 Å². The van der Waals surface area contributed by atoms with Crippen LogP contribution in [0.3, 0.4) is 0 Å². The summed E-state index contributed by atoms with van der Waals surface area (Å²) in [6, 6.07) is 3.99. The van der Waals surface area contributed by atoms with Gasteiger partial charge in [0, 0.05) is 4.47 Å². The van der Waals surface area contributed by atoms with E-state index in [1.54, 1.807) is 0 Å². The lowest BCUT2D eigenvalue weighted by Gasteiger charge is -2.09. The molecule has 2 nitrogen and oxygen atoms in total. The van der Waals surface area contributed by atoms with Gasteiger partial charge in [-0.2, -0.15) is 0 Å². The predicted octanol–water partition coefficient (Wildman–Crippen LogP) is 3.30. The second-order valence-corrected chi connectivity index (χ2v) is 4.86. The first kappa shape index (κ1) is 10.5. The van der Waals surface area contributed by atoms with Crippen LogP contribution in [0.2, 0.25) is 0 Å². The molecule has 1 aromatic rings. The van der Waals surface area contributed by atoms with Gasteiger partial charge in [-0.15, -0.1) is 0 Å². The molecule has 0 spiro atoms. The highest BCUT2D eigenvalue weighted by atomic mass is 79.9. The average molecular weight is 322 g/mol. The summed E-state index contributed by atoms with van der Waals surface area (Å²) in [7, 11) is 0. The molecule has 1 aliphatic heterocycles. The normalized spacial score (nSPS) is 19.5. The summed E-state index contributed by atoms with van der Waals surface area (Å²) < 4.78 is 12.7. The van der Waals surface area contributed by atoms with Crippen LogP contribution in [0.15, 0.2) is 21.1 Å². The van der Waals surface area contributed by atoms with Crippen molar-refractivity contribution < 1.29 is 9.47 Å². The van der Waals surface area contributed by atoms with Gasteiger partial charge in [-0.05, 0) is 50.4 Å². The molecule has 0 saturated carbocycles. The number of rotatable bonds is 3. The van der Waals surface area contributed by atoms with E-state index in [2.05, 4.69) is 31.9 Å². The van der Waals surface area contributed by atoms with Crippen LogP contribution in [0.25, 0.3) is 0 Å². The van der Waals surface area contributed by atoms with Gasteiger partial charge in [0.25, 0.3) is 0 Å². The smallest absolute Gasteiger partial charge is 0.134 e. The molecule has 0 amide bonds. The maximum atomic E-state index is 5.59. The summed E-state index contributed by atoms with van der Waals surface area (Å²) >= 11 is 6.98. The Labute approximate surface area is 99.8 Å². The molecule has 14 heavy (non-hydrogen) atoms. The van der Waals surface area contributed by atoms with E-state index in [0.29, 0.717) is 12.7 Å². The van der Waals surface area contributed by atoms with Gasteiger partial charge in [-0.3, -0.25) is 0 Å². The first-order valence-electron chi connectivity index (χ1n) is 4.37. The molecule has 1 atom stereocenters. The average Bonchev–Trinajstić information content (AvgIpc) is 2.97. The van der Waals surface area contributed by atoms with E-state index in [9.17, 15) is 0 Å². The zero-order chi connectivity index (χ0) is 10.1. The van der Waals surface area contributed by atoms with E-state index in [1.165, 1.54) is 5.56 Å². The molecular weight excluding hydrogens is 312 g/mol. The quantitative estimate of drug-likeness (QED) is 0.797. The Morgan fingerprint density at radius 3 is 2.79 bits per heavy atom. The monoisotopic (exact) mass is 320 g/mol. The van der Waals surface area contributed by atoms with Crippen molar-refractivity contribution in [2.75, 3.05) is 13.2 Å². The minimum atomic E-state index is 0.293. The minimum Gasteiger partial charge on any atom is -0.490 e. The van der Waals surface area contributed by atoms with Crippen LogP contribution in [-0.4, -0.2) is 19.3 Å². The van der Waals surface area contributed by atoms with Crippen molar-refractivity contribution in [1.82, 2.24) is 0 Å². The van der Waals surface area contributed by atoms with Crippen LogP contribution in [-0.2, 0) is 4.74 Å². The SMILES string of the molecule is Cc1ccc(OCC2CO2)c(Br)c1Br. The number of epoxide rings is 1. The lowest BCUT2D eigenvalue weighted by molar-refractivity contribution is 0.261. The maximum absolute atomic E-state index is 5.59. The Morgan fingerprint density at radius 2 is 2.14 bits per heavy atom. The largest absolute Gasteiger partial charge is 0.490 e. The number of aryl methyl sites for hydroxylation is 1. The highest BCUT2D eigenvalue weighted by Gasteiger charge is 2.23. The summed E-state index contributed by atoms with van der Waals surface area (Å²) in [5, 5.41) is 0. The van der Waals surface area contributed by atoms with Crippen molar-refractivity contribution in [2.24, 2.45) is 0 Å². The number of hydrogen-bond donors (Lipinski definition) is 0. The van der Waals surface area contributed by atoms with Gasteiger partial charge in [0.2, 0.25) is 0 Å². The standard InChI is InChI=1S/C10H10Br2O2/c1-6-2-3-8(10(12)9(6)11)14-5-7-4-13-7/h2-3,7H,4-5H2,1H3. The van der Waals surface area contributed by atoms with E-state index in [-0.39, 0.29) is 0 Å². The second-order valence-electron chi connectivity index (χ2n) is 3.27. The van der Waals surface area contributed by atoms with Gasteiger partial charge >= 0.3 is 0 Å². The first-order chi connectivity index (χ1) is 6.68. The molecule has 0 bridgehead atoms. The fraction of sp³-hybridized carbons (Fsp3) is 0.400. The highest BCUT2D eigenvalue weighted by molar-refractivity contribution is 9.13. The molecule has 0 aliphatic carbocycles. The maximum Gasteiger partial charge on any atom is 0.134 e. The minimum absolute atomic E-state index is 0.293. The van der Waals surface area contributed by atoms with Crippen molar-refractivity contribution in [3.8, 4) is 5.75 Å². The van der Waals surface area contributed by atoms with Crippen molar-refractivity contribution in [2.45, 2.75) is 13.0 Å². The fourth-order valence-electron chi connectivity index (χ4n) is 1.09. The zero-order valence-corrected chi connectivity index (χ0v) is 10.9. The number of hydrogen-bond acceptors (Lipinski definition) is 2. The van der Waals surface area contributed by atoms with E-state index < -0.39 is 0 Å². The lowest BCUT2D eigenvalue weighted by Crippen LogP contribution is -2.04. The van der Waals surface area contributed by atoms with Gasteiger partial charge in [0.1, 0.15) is 18.5 Å². The molecule has 0 radical (unpaired) electrons. The first-order valence-corrected chi connectivity index (χ1v) is 5.96. The third kappa shape index (κ3) is 2.30. The molecule has 0 aromatic heterocycles. The third-order valence-corrected chi connectivity index (χ3v) is 4.41. The van der Waals surface area contributed by atoms with Crippen LogP contribution >= 0.6 is 31.9 Å². The van der Waals surface area contributed by atoms with E-state index in [4.69, 9.17) is 9.47 Å². The molecule has 1 aliphatic rings. The summed E-state index contributed by atoms with van der Waals surface area (Å²) in [5.74, 6) is 0.859. The molecule has 0 N–H and O–H groups in total. The van der Waals surface area contributed by atoms with Crippen LogP contribution < -0.4 is 4.74 Å². The summed E-state index contributed by atoms with van der Waals surface area (Å²) in [6.07, 6.45) is 0.293. The molecule has 1 heterocycles. The second kappa shape index (κ2) is 4.21. The van der Waals surface area contributed by atoms with Gasteiger partial charge < -0.3 is 9.47 Å². The van der Waals surface area contributed by atoms with Crippen LogP contribution in [0.1, 0.15) is 5.56 Å². The van der Waals surface area contributed by atoms with Crippen LogP contribution in [0, 0.1) is 6.92 Å². The molecule has 1 saturated heterocycles. The molecule has 4 heteroatoms. The van der Waals surface area contributed by atoms with Crippen molar-refractivity contribution in [3.63, 3.8) is 0 Å². The van der Waals surface area contributed by atoms with E-state index in [1.807, 2.05) is 19.1 Å². The lowest BCUT2D eigenvalue weighted by atomic mass is 10.2. The molecule has 1 fully saturated rings. The number of ether oxygens (including phenoxy) is 2. The van der Waals surface area contributed by atoms with Crippen LogP contribution in [0.4, 0.5) is 0 Å². The third-order valence-electron chi connectivity index (χ3n) is 2.07. The van der Waals surface area contributed by atoms with Crippen LogP contribution in [0.5, 0.6) is 5.75 Å². The Bertz CT molecular complexity index is 348. The highest BCUT2D eigenvalue weighted by Crippen LogP contribution is 2.35. The molecule has 1 aromatic carbocycles. The Hall–Kier alpha value is -0.0600. The fourth-order valence-corrected chi connectivity index (χ4v) is 1.97. The Kier molecular flexibility index (Phi) is 3.14. The Balaban J connectivity index is 2.11.